The van der Waals surface area contributed by atoms with Crippen LogP contribution in [0.25, 0.3) is 0 Å². The largest absolute Gasteiger partial charge is 0.416 e. The van der Waals surface area contributed by atoms with Gasteiger partial charge < -0.3 is 9.84 Å². The summed E-state index contributed by atoms with van der Waals surface area (Å²) < 4.78 is 57.9. The van der Waals surface area contributed by atoms with Gasteiger partial charge >= 0.3 is 6.18 Å². The standard InChI is InChI=1S/C15H16F4O2/c16-10-1-4-13(15(17,18)19)9(5-10)6-14(20)7-11-2-3-12(8-14)21-11/h1,4-5,11-12,20H,2-3,6-8H2. The number of alkyl halides is 3. The molecule has 0 saturated carbocycles. The van der Waals surface area contributed by atoms with Gasteiger partial charge in [0, 0.05) is 19.3 Å². The quantitative estimate of drug-likeness (QED) is 0.848. The van der Waals surface area contributed by atoms with Crippen molar-refractivity contribution < 1.29 is 27.4 Å². The summed E-state index contributed by atoms with van der Waals surface area (Å²) in [5.74, 6) is -0.725. The Hall–Kier alpha value is -1.14. The maximum atomic E-state index is 13.3. The maximum Gasteiger partial charge on any atom is 0.416 e. The van der Waals surface area contributed by atoms with E-state index in [0.717, 1.165) is 31.0 Å². The molecular weight excluding hydrogens is 288 g/mol. The number of hydrogen-bond acceptors (Lipinski definition) is 2. The highest BCUT2D eigenvalue weighted by Crippen LogP contribution is 2.42. The lowest BCUT2D eigenvalue weighted by atomic mass is 9.83. The van der Waals surface area contributed by atoms with E-state index in [9.17, 15) is 22.7 Å². The summed E-state index contributed by atoms with van der Waals surface area (Å²) >= 11 is 0. The van der Waals surface area contributed by atoms with Crippen molar-refractivity contribution in [2.24, 2.45) is 0 Å². The molecule has 0 aliphatic carbocycles. The van der Waals surface area contributed by atoms with Crippen molar-refractivity contribution >= 4 is 0 Å². The number of aliphatic hydroxyl groups is 1. The predicted octanol–water partition coefficient (Wildman–Crippen LogP) is 3.46. The van der Waals surface area contributed by atoms with Crippen molar-refractivity contribution in [3.63, 3.8) is 0 Å². The Morgan fingerprint density at radius 3 is 2.38 bits per heavy atom. The van der Waals surface area contributed by atoms with Crippen LogP contribution in [0.1, 0.15) is 36.8 Å². The SMILES string of the molecule is OC1(Cc2cc(F)ccc2C(F)(F)F)CC2CCC(C1)O2. The van der Waals surface area contributed by atoms with Gasteiger partial charge in [0.15, 0.2) is 0 Å². The summed E-state index contributed by atoms with van der Waals surface area (Å²) in [5.41, 5.74) is -2.32. The molecule has 2 atom stereocenters. The van der Waals surface area contributed by atoms with E-state index >= 15 is 0 Å². The van der Waals surface area contributed by atoms with E-state index in [1.807, 2.05) is 0 Å². The fourth-order valence-corrected chi connectivity index (χ4v) is 3.50. The smallest absolute Gasteiger partial charge is 0.389 e. The maximum absolute atomic E-state index is 13.3. The summed E-state index contributed by atoms with van der Waals surface area (Å²) in [6.45, 7) is 0. The highest BCUT2D eigenvalue weighted by molar-refractivity contribution is 5.32. The average molecular weight is 304 g/mol. The summed E-state index contributed by atoms with van der Waals surface area (Å²) in [7, 11) is 0. The molecule has 2 aliphatic heterocycles. The molecule has 2 heterocycles. The lowest BCUT2D eigenvalue weighted by Crippen LogP contribution is -2.43. The second-order valence-corrected chi connectivity index (χ2v) is 6.07. The van der Waals surface area contributed by atoms with Crippen LogP contribution in [0, 0.1) is 5.82 Å². The van der Waals surface area contributed by atoms with Crippen LogP contribution < -0.4 is 0 Å². The molecule has 116 valence electrons. The first-order valence-corrected chi connectivity index (χ1v) is 6.99. The van der Waals surface area contributed by atoms with Gasteiger partial charge in [-0.15, -0.1) is 0 Å². The van der Waals surface area contributed by atoms with Crippen molar-refractivity contribution in [2.75, 3.05) is 0 Å². The molecule has 3 rings (SSSR count). The van der Waals surface area contributed by atoms with Crippen LogP contribution in [0.15, 0.2) is 18.2 Å². The molecule has 2 bridgehead atoms. The lowest BCUT2D eigenvalue weighted by molar-refractivity contribution is -0.139. The Labute approximate surface area is 119 Å². The first kappa shape index (κ1) is 14.8. The lowest BCUT2D eigenvalue weighted by Gasteiger charge is -2.37. The first-order chi connectivity index (χ1) is 9.75. The van der Waals surface area contributed by atoms with Gasteiger partial charge in [-0.25, -0.2) is 4.39 Å². The van der Waals surface area contributed by atoms with Crippen molar-refractivity contribution in [2.45, 2.75) is 56.1 Å². The molecule has 1 N–H and O–H groups in total. The van der Waals surface area contributed by atoms with Crippen LogP contribution in [-0.4, -0.2) is 22.9 Å². The fourth-order valence-electron chi connectivity index (χ4n) is 3.50. The highest BCUT2D eigenvalue weighted by atomic mass is 19.4. The van der Waals surface area contributed by atoms with E-state index in [-0.39, 0.29) is 24.2 Å². The molecule has 2 unspecified atom stereocenters. The molecule has 1 aromatic carbocycles. The third-order valence-corrected chi connectivity index (χ3v) is 4.30. The Bertz CT molecular complexity index is 529. The van der Waals surface area contributed by atoms with Gasteiger partial charge in [-0.2, -0.15) is 13.2 Å². The third kappa shape index (κ3) is 3.06. The van der Waals surface area contributed by atoms with Crippen LogP contribution in [0.2, 0.25) is 0 Å². The van der Waals surface area contributed by atoms with Gasteiger partial charge in [0.1, 0.15) is 5.82 Å². The zero-order valence-electron chi connectivity index (χ0n) is 11.3. The second kappa shape index (κ2) is 4.95. The molecular formula is C15H16F4O2. The summed E-state index contributed by atoms with van der Waals surface area (Å²) in [6, 6.07) is 2.41. The molecule has 0 radical (unpaired) electrons. The van der Waals surface area contributed by atoms with Crippen LogP contribution in [0.5, 0.6) is 0 Å². The number of fused-ring (bicyclic) bond motifs is 2. The highest BCUT2D eigenvalue weighted by Gasteiger charge is 2.45. The topological polar surface area (TPSA) is 29.5 Å². The minimum Gasteiger partial charge on any atom is -0.389 e. The number of halogens is 4. The van der Waals surface area contributed by atoms with Crippen LogP contribution in [-0.2, 0) is 17.3 Å². The Kier molecular flexibility index (Phi) is 3.48. The van der Waals surface area contributed by atoms with Crippen LogP contribution in [0.3, 0.4) is 0 Å². The Balaban J connectivity index is 1.89. The summed E-state index contributed by atoms with van der Waals surface area (Å²) in [4.78, 5) is 0. The fraction of sp³-hybridized carbons (Fsp3) is 0.600. The number of ether oxygens (including phenoxy) is 1. The molecule has 2 aliphatic rings. The predicted molar refractivity (Wildman–Crippen MR) is 67.2 cm³/mol. The summed E-state index contributed by atoms with van der Waals surface area (Å²) in [5, 5.41) is 10.6. The van der Waals surface area contributed by atoms with Crippen LogP contribution >= 0.6 is 0 Å². The number of rotatable bonds is 2. The second-order valence-electron chi connectivity index (χ2n) is 6.07. The third-order valence-electron chi connectivity index (χ3n) is 4.30. The van der Waals surface area contributed by atoms with E-state index in [2.05, 4.69) is 0 Å². The molecule has 2 fully saturated rings. The molecule has 6 heteroatoms. The van der Waals surface area contributed by atoms with Gasteiger partial charge in [0.05, 0.1) is 23.4 Å². The molecule has 0 spiro atoms. The van der Waals surface area contributed by atoms with E-state index in [0.29, 0.717) is 12.8 Å². The zero-order chi connectivity index (χ0) is 15.3. The average Bonchev–Trinajstić information content (AvgIpc) is 2.67. The van der Waals surface area contributed by atoms with E-state index < -0.39 is 23.2 Å². The molecule has 21 heavy (non-hydrogen) atoms. The van der Waals surface area contributed by atoms with Crippen molar-refractivity contribution in [3.8, 4) is 0 Å². The van der Waals surface area contributed by atoms with Crippen molar-refractivity contribution in [3.05, 3.63) is 35.1 Å². The van der Waals surface area contributed by atoms with E-state index in [1.165, 1.54) is 0 Å². The number of benzene rings is 1. The van der Waals surface area contributed by atoms with Crippen molar-refractivity contribution in [1.29, 1.82) is 0 Å². The van der Waals surface area contributed by atoms with Gasteiger partial charge in [0.25, 0.3) is 0 Å². The molecule has 2 saturated heterocycles. The van der Waals surface area contributed by atoms with Gasteiger partial charge in [-0.3, -0.25) is 0 Å². The van der Waals surface area contributed by atoms with Crippen molar-refractivity contribution in [1.82, 2.24) is 0 Å². The van der Waals surface area contributed by atoms with Gasteiger partial charge in [0.2, 0.25) is 0 Å². The number of hydrogen-bond donors (Lipinski definition) is 1. The normalized spacial score (nSPS) is 32.4. The Morgan fingerprint density at radius 1 is 1.19 bits per heavy atom. The van der Waals surface area contributed by atoms with E-state index in [1.54, 1.807) is 0 Å². The zero-order valence-corrected chi connectivity index (χ0v) is 11.3. The Morgan fingerprint density at radius 2 is 1.81 bits per heavy atom. The van der Waals surface area contributed by atoms with Gasteiger partial charge in [-0.05, 0) is 36.6 Å². The molecule has 0 amide bonds. The summed E-state index contributed by atoms with van der Waals surface area (Å²) in [6.07, 6.45) is -2.70. The molecule has 2 nitrogen and oxygen atoms in total. The minimum absolute atomic E-state index is 0.100. The molecule has 1 aromatic rings. The van der Waals surface area contributed by atoms with Gasteiger partial charge in [-0.1, -0.05) is 0 Å². The first-order valence-electron chi connectivity index (χ1n) is 6.99. The molecule has 0 aromatic heterocycles. The monoisotopic (exact) mass is 304 g/mol. The van der Waals surface area contributed by atoms with Crippen LogP contribution in [0.4, 0.5) is 17.6 Å². The van der Waals surface area contributed by atoms with E-state index in [4.69, 9.17) is 4.74 Å². The minimum atomic E-state index is -4.55.